The first kappa shape index (κ1) is 20.6. The predicted molar refractivity (Wildman–Crippen MR) is 112 cm³/mol. The SMILES string of the molecule is CN1CCC(COC(=O)N2CCC(F)(CNC3CC3c3ccccc3)CC2)CC1. The van der Waals surface area contributed by atoms with Crippen LogP contribution in [0.25, 0.3) is 0 Å². The van der Waals surface area contributed by atoms with Crippen molar-refractivity contribution in [1.29, 1.82) is 0 Å². The topological polar surface area (TPSA) is 44.8 Å². The summed E-state index contributed by atoms with van der Waals surface area (Å²) in [7, 11) is 2.12. The van der Waals surface area contributed by atoms with Crippen molar-refractivity contribution in [2.45, 2.75) is 49.7 Å². The summed E-state index contributed by atoms with van der Waals surface area (Å²) in [6.45, 7) is 3.88. The maximum Gasteiger partial charge on any atom is 0.409 e. The molecular weight excluding hydrogens is 369 g/mol. The van der Waals surface area contributed by atoms with E-state index in [0.717, 1.165) is 32.4 Å². The summed E-state index contributed by atoms with van der Waals surface area (Å²) < 4.78 is 20.7. The van der Waals surface area contributed by atoms with Crippen LogP contribution in [0.1, 0.15) is 43.6 Å². The maximum absolute atomic E-state index is 15.2. The lowest BCUT2D eigenvalue weighted by Gasteiger charge is -2.36. The Morgan fingerprint density at radius 1 is 1.17 bits per heavy atom. The molecule has 160 valence electrons. The summed E-state index contributed by atoms with van der Waals surface area (Å²) in [5.74, 6) is 0.968. The average Bonchev–Trinajstić information content (AvgIpc) is 3.53. The van der Waals surface area contributed by atoms with Gasteiger partial charge in [-0.1, -0.05) is 30.3 Å². The van der Waals surface area contributed by atoms with Crippen LogP contribution in [0.2, 0.25) is 0 Å². The molecule has 3 aliphatic rings. The van der Waals surface area contributed by atoms with Gasteiger partial charge in [0.15, 0.2) is 0 Å². The number of ether oxygens (including phenoxy) is 1. The minimum absolute atomic E-state index is 0.273. The minimum atomic E-state index is -1.23. The van der Waals surface area contributed by atoms with Crippen LogP contribution in [0.3, 0.4) is 0 Å². The van der Waals surface area contributed by atoms with Crippen molar-refractivity contribution >= 4 is 6.09 Å². The van der Waals surface area contributed by atoms with Crippen LogP contribution in [0, 0.1) is 5.92 Å². The van der Waals surface area contributed by atoms with Crippen LogP contribution < -0.4 is 5.32 Å². The second-order valence-corrected chi connectivity index (χ2v) is 9.20. The highest BCUT2D eigenvalue weighted by atomic mass is 19.1. The number of carbonyl (C=O) groups excluding carboxylic acids is 1. The molecule has 2 saturated heterocycles. The predicted octanol–water partition coefficient (Wildman–Crippen LogP) is 3.41. The van der Waals surface area contributed by atoms with E-state index >= 15 is 4.39 Å². The van der Waals surface area contributed by atoms with Crippen molar-refractivity contribution in [3.8, 4) is 0 Å². The molecule has 0 spiro atoms. The molecule has 1 aliphatic carbocycles. The number of benzene rings is 1. The zero-order valence-corrected chi connectivity index (χ0v) is 17.5. The molecule has 1 amide bonds. The molecule has 2 heterocycles. The van der Waals surface area contributed by atoms with Gasteiger partial charge >= 0.3 is 6.09 Å². The van der Waals surface area contributed by atoms with E-state index in [1.54, 1.807) is 4.90 Å². The number of amides is 1. The Morgan fingerprint density at radius 3 is 2.55 bits per heavy atom. The molecule has 2 unspecified atom stereocenters. The molecule has 6 heteroatoms. The molecular formula is C23H34FN3O2. The summed E-state index contributed by atoms with van der Waals surface area (Å²) >= 11 is 0. The van der Waals surface area contributed by atoms with Crippen molar-refractivity contribution in [3.63, 3.8) is 0 Å². The first-order chi connectivity index (χ1) is 14.0. The maximum atomic E-state index is 15.2. The zero-order chi connectivity index (χ0) is 20.3. The molecule has 1 N–H and O–H groups in total. The average molecular weight is 404 g/mol. The number of hydrogen-bond donors (Lipinski definition) is 1. The number of hydrogen-bond acceptors (Lipinski definition) is 4. The molecule has 1 saturated carbocycles. The second-order valence-electron chi connectivity index (χ2n) is 9.20. The normalized spacial score (nSPS) is 27.6. The molecule has 0 bridgehead atoms. The number of carbonyl (C=O) groups is 1. The van der Waals surface area contributed by atoms with E-state index in [9.17, 15) is 4.79 Å². The molecule has 2 atom stereocenters. The molecule has 5 nitrogen and oxygen atoms in total. The summed E-state index contributed by atoms with van der Waals surface area (Å²) in [5, 5.41) is 3.42. The first-order valence-corrected chi connectivity index (χ1v) is 11.1. The van der Waals surface area contributed by atoms with Crippen LogP contribution in [0.4, 0.5) is 9.18 Å². The van der Waals surface area contributed by atoms with Gasteiger partial charge in [-0.15, -0.1) is 0 Å². The Bertz CT molecular complexity index is 670. The van der Waals surface area contributed by atoms with Gasteiger partial charge in [0.05, 0.1) is 6.61 Å². The van der Waals surface area contributed by atoms with Gasteiger partial charge in [0, 0.05) is 44.4 Å². The van der Waals surface area contributed by atoms with E-state index in [4.69, 9.17) is 4.74 Å². The van der Waals surface area contributed by atoms with Gasteiger partial charge in [-0.05, 0) is 50.9 Å². The van der Waals surface area contributed by atoms with E-state index in [1.807, 2.05) is 6.07 Å². The fraction of sp³-hybridized carbons (Fsp3) is 0.696. The highest BCUT2D eigenvalue weighted by Crippen LogP contribution is 2.41. The fourth-order valence-electron chi connectivity index (χ4n) is 4.58. The Balaban J connectivity index is 1.14. The van der Waals surface area contributed by atoms with E-state index in [-0.39, 0.29) is 6.09 Å². The molecule has 1 aromatic carbocycles. The number of alkyl halides is 1. The van der Waals surface area contributed by atoms with Gasteiger partial charge in [0.25, 0.3) is 0 Å². The number of halogens is 1. The quantitative estimate of drug-likeness (QED) is 0.791. The van der Waals surface area contributed by atoms with E-state index in [0.29, 0.717) is 57.0 Å². The summed E-state index contributed by atoms with van der Waals surface area (Å²) in [5.41, 5.74) is 0.106. The number of rotatable bonds is 6. The van der Waals surface area contributed by atoms with E-state index < -0.39 is 5.67 Å². The van der Waals surface area contributed by atoms with Crippen molar-refractivity contribution in [1.82, 2.24) is 15.1 Å². The van der Waals surface area contributed by atoms with Gasteiger partial charge in [-0.3, -0.25) is 0 Å². The third-order valence-electron chi connectivity index (χ3n) is 6.90. The molecule has 0 radical (unpaired) electrons. The largest absolute Gasteiger partial charge is 0.449 e. The Morgan fingerprint density at radius 2 is 1.86 bits per heavy atom. The van der Waals surface area contributed by atoms with Gasteiger partial charge in [0.2, 0.25) is 0 Å². The smallest absolute Gasteiger partial charge is 0.409 e. The van der Waals surface area contributed by atoms with Crippen molar-refractivity contribution in [2.75, 3.05) is 46.4 Å². The molecule has 0 aromatic heterocycles. The van der Waals surface area contributed by atoms with E-state index in [2.05, 4.69) is 41.5 Å². The van der Waals surface area contributed by atoms with Crippen LogP contribution in [-0.4, -0.2) is 74.0 Å². The molecule has 4 rings (SSSR count). The van der Waals surface area contributed by atoms with Crippen molar-refractivity contribution in [3.05, 3.63) is 35.9 Å². The molecule has 3 fully saturated rings. The lowest BCUT2D eigenvalue weighted by Crippen LogP contribution is -2.49. The fourth-order valence-corrected chi connectivity index (χ4v) is 4.58. The summed E-state index contributed by atoms with van der Waals surface area (Å²) in [6, 6.07) is 10.8. The highest BCUT2D eigenvalue weighted by molar-refractivity contribution is 5.67. The molecule has 2 aliphatic heterocycles. The number of likely N-dealkylation sites (tertiary alicyclic amines) is 2. The third kappa shape index (κ3) is 5.48. The van der Waals surface area contributed by atoms with Gasteiger partial charge in [0.1, 0.15) is 5.67 Å². The summed E-state index contributed by atoms with van der Waals surface area (Å²) in [6.07, 6.45) is 3.72. The van der Waals surface area contributed by atoms with Crippen molar-refractivity contribution < 1.29 is 13.9 Å². The number of nitrogens with one attached hydrogen (secondary N) is 1. The zero-order valence-electron chi connectivity index (χ0n) is 17.5. The van der Waals surface area contributed by atoms with E-state index in [1.165, 1.54) is 5.56 Å². The third-order valence-corrected chi connectivity index (χ3v) is 6.90. The molecule has 29 heavy (non-hydrogen) atoms. The van der Waals surface area contributed by atoms with Crippen LogP contribution in [0.5, 0.6) is 0 Å². The second kappa shape index (κ2) is 9.00. The van der Waals surface area contributed by atoms with Crippen LogP contribution in [-0.2, 0) is 4.74 Å². The number of nitrogens with zero attached hydrogens (tertiary/aromatic N) is 2. The van der Waals surface area contributed by atoms with Gasteiger partial charge in [-0.25, -0.2) is 9.18 Å². The van der Waals surface area contributed by atoms with Gasteiger partial charge < -0.3 is 19.9 Å². The van der Waals surface area contributed by atoms with Crippen LogP contribution >= 0.6 is 0 Å². The Labute approximate surface area is 173 Å². The standard InChI is InChI=1S/C23H34FN3O2/c1-26-11-7-18(8-12-26)16-29-22(28)27-13-9-23(24,10-14-27)17-25-21-15-20(21)19-5-3-2-4-6-19/h2-6,18,20-21,25H,7-17H2,1H3. The first-order valence-electron chi connectivity index (χ1n) is 11.1. The van der Waals surface area contributed by atoms with Gasteiger partial charge in [-0.2, -0.15) is 0 Å². The monoisotopic (exact) mass is 403 g/mol. The minimum Gasteiger partial charge on any atom is -0.449 e. The Hall–Kier alpha value is -1.66. The highest BCUT2D eigenvalue weighted by Gasteiger charge is 2.42. The lowest BCUT2D eigenvalue weighted by atomic mass is 9.93. The van der Waals surface area contributed by atoms with Crippen molar-refractivity contribution in [2.24, 2.45) is 5.92 Å². The lowest BCUT2D eigenvalue weighted by molar-refractivity contribution is 0.0336. The Kier molecular flexibility index (Phi) is 6.40. The molecule has 1 aromatic rings. The summed E-state index contributed by atoms with van der Waals surface area (Å²) in [4.78, 5) is 16.3. The van der Waals surface area contributed by atoms with Crippen LogP contribution in [0.15, 0.2) is 30.3 Å². The number of piperidine rings is 2.